The first kappa shape index (κ1) is 7.02. The van der Waals surface area contributed by atoms with Crippen molar-refractivity contribution in [1.82, 2.24) is 19.6 Å². The van der Waals surface area contributed by atoms with Crippen molar-refractivity contribution in [1.29, 1.82) is 0 Å². The van der Waals surface area contributed by atoms with E-state index < -0.39 is 0 Å². The molecule has 0 fully saturated rings. The van der Waals surface area contributed by atoms with Crippen LogP contribution in [-0.2, 0) is 0 Å². The summed E-state index contributed by atoms with van der Waals surface area (Å²) in [5.41, 5.74) is 1.31. The van der Waals surface area contributed by atoms with Crippen molar-refractivity contribution in [3.63, 3.8) is 0 Å². The van der Waals surface area contributed by atoms with Crippen LogP contribution < -0.4 is 0 Å². The van der Waals surface area contributed by atoms with Crippen LogP contribution >= 0.6 is 12.2 Å². The summed E-state index contributed by atoms with van der Waals surface area (Å²) in [7, 11) is 0. The number of hydrogen-bond donors (Lipinski definition) is 0. The van der Waals surface area contributed by atoms with Crippen LogP contribution in [0.25, 0.3) is 11.2 Å². The minimum absolute atomic E-state index is 0.627. The monoisotopic (exact) mass is 177 g/mol. The molecule has 0 atom stereocenters. The fourth-order valence-electron chi connectivity index (χ4n) is 0.872. The van der Waals surface area contributed by atoms with Gasteiger partial charge in [0.2, 0.25) is 0 Å². The third kappa shape index (κ3) is 0.990. The second-order valence-corrected chi connectivity index (χ2v) is 2.19. The van der Waals surface area contributed by atoms with Crippen molar-refractivity contribution < 1.29 is 0 Å². The maximum absolute atomic E-state index is 4.45. The van der Waals surface area contributed by atoms with E-state index in [9.17, 15) is 0 Å². The van der Waals surface area contributed by atoms with Crippen LogP contribution in [0, 0.1) is 0 Å². The highest BCUT2D eigenvalue weighted by molar-refractivity contribution is 7.78. The Balaban J connectivity index is 2.78. The highest BCUT2D eigenvalue weighted by Gasteiger charge is 2.00. The Morgan fingerprint density at radius 3 is 3.25 bits per heavy atom. The van der Waals surface area contributed by atoms with Crippen molar-refractivity contribution in [2.45, 2.75) is 0 Å². The van der Waals surface area contributed by atoms with E-state index in [-0.39, 0.29) is 0 Å². The molecule has 0 aliphatic heterocycles. The number of imidazole rings is 1. The maximum Gasteiger partial charge on any atom is 0.184 e. The fourth-order valence-corrected chi connectivity index (χ4v) is 0.960. The molecule has 0 saturated heterocycles. The van der Waals surface area contributed by atoms with Crippen LogP contribution in [0.15, 0.2) is 24.0 Å². The Hall–Kier alpha value is -1.65. The van der Waals surface area contributed by atoms with E-state index in [0.29, 0.717) is 11.2 Å². The molecule has 2 heterocycles. The van der Waals surface area contributed by atoms with Gasteiger partial charge in [0.05, 0.1) is 11.4 Å². The van der Waals surface area contributed by atoms with Crippen LogP contribution in [0.3, 0.4) is 0 Å². The minimum Gasteiger partial charge on any atom is -0.242 e. The molecule has 0 bridgehead atoms. The topological polar surface area (TPSA) is 56.0 Å². The van der Waals surface area contributed by atoms with Crippen molar-refractivity contribution >= 4 is 28.5 Å². The van der Waals surface area contributed by atoms with Crippen molar-refractivity contribution in [3.8, 4) is 0 Å². The lowest BCUT2D eigenvalue weighted by Gasteiger charge is -1.88. The SMILES string of the molecule is S=C=Nn1cnc2cncnc21. The zero-order valence-corrected chi connectivity index (χ0v) is 6.69. The van der Waals surface area contributed by atoms with Gasteiger partial charge in [-0.05, 0) is 12.2 Å². The lowest BCUT2D eigenvalue weighted by molar-refractivity contribution is 0.901. The summed E-state index contributed by atoms with van der Waals surface area (Å²) >= 11 is 4.45. The molecule has 0 radical (unpaired) electrons. The average Bonchev–Trinajstić information content (AvgIpc) is 2.50. The summed E-state index contributed by atoms with van der Waals surface area (Å²) in [5, 5.41) is 5.96. The molecule has 0 spiro atoms. The Kier molecular flexibility index (Phi) is 1.62. The van der Waals surface area contributed by atoms with Gasteiger partial charge in [-0.1, -0.05) is 0 Å². The molecule has 2 rings (SSSR count). The summed E-state index contributed by atoms with van der Waals surface area (Å²) in [5.74, 6) is 0. The van der Waals surface area contributed by atoms with E-state index >= 15 is 0 Å². The zero-order valence-electron chi connectivity index (χ0n) is 5.88. The predicted molar refractivity (Wildman–Crippen MR) is 45.7 cm³/mol. The first-order valence-electron chi connectivity index (χ1n) is 3.13. The Labute approximate surface area is 72.8 Å². The van der Waals surface area contributed by atoms with Crippen molar-refractivity contribution in [3.05, 3.63) is 18.9 Å². The molecule has 2 aromatic heterocycles. The minimum atomic E-state index is 0.627. The maximum atomic E-state index is 4.45. The van der Waals surface area contributed by atoms with Gasteiger partial charge < -0.3 is 0 Å². The Morgan fingerprint density at radius 2 is 2.42 bits per heavy atom. The van der Waals surface area contributed by atoms with Crippen molar-refractivity contribution in [2.75, 3.05) is 0 Å². The molecule has 2 aromatic rings. The van der Waals surface area contributed by atoms with E-state index in [1.54, 1.807) is 6.20 Å². The summed E-state index contributed by atoms with van der Waals surface area (Å²) in [6, 6.07) is 0. The van der Waals surface area contributed by atoms with Gasteiger partial charge in [0.1, 0.15) is 18.2 Å². The molecule has 12 heavy (non-hydrogen) atoms. The summed E-state index contributed by atoms with van der Waals surface area (Å²) in [4.78, 5) is 11.8. The lowest BCUT2D eigenvalue weighted by Crippen LogP contribution is -1.87. The van der Waals surface area contributed by atoms with Crippen LogP contribution in [0.4, 0.5) is 0 Å². The fraction of sp³-hybridized carbons (Fsp3) is 0. The Bertz CT molecular complexity index is 456. The first-order valence-corrected chi connectivity index (χ1v) is 3.54. The highest BCUT2D eigenvalue weighted by atomic mass is 32.1. The smallest absolute Gasteiger partial charge is 0.184 e. The number of fused-ring (bicyclic) bond motifs is 1. The van der Waals surface area contributed by atoms with Gasteiger partial charge in [-0.25, -0.2) is 15.0 Å². The van der Waals surface area contributed by atoms with Crippen molar-refractivity contribution in [2.24, 2.45) is 5.10 Å². The number of thiocarbonyl (C=S) groups is 1. The number of nitrogens with zero attached hydrogens (tertiary/aromatic N) is 5. The lowest BCUT2D eigenvalue weighted by atomic mass is 10.6. The molecule has 0 unspecified atom stereocenters. The van der Waals surface area contributed by atoms with Gasteiger partial charge >= 0.3 is 0 Å². The quantitative estimate of drug-likeness (QED) is 0.475. The molecule has 0 saturated carbocycles. The Morgan fingerprint density at radius 1 is 1.50 bits per heavy atom. The molecular weight excluding hydrogens is 174 g/mol. The molecule has 0 aliphatic carbocycles. The second-order valence-electron chi connectivity index (χ2n) is 2.01. The first-order chi connectivity index (χ1) is 5.92. The molecule has 0 N–H and O–H groups in total. The van der Waals surface area contributed by atoms with Crippen LogP contribution in [-0.4, -0.2) is 24.8 Å². The zero-order chi connectivity index (χ0) is 8.39. The summed E-state index contributed by atoms with van der Waals surface area (Å²) in [6.07, 6.45) is 4.55. The van der Waals surface area contributed by atoms with Crippen LogP contribution in [0.5, 0.6) is 0 Å². The summed E-state index contributed by atoms with van der Waals surface area (Å²) < 4.78 is 1.45. The standard InChI is InChI=1S/C6H3N5S/c12-4-10-11-3-9-5-1-7-2-8-6(5)11/h1-3H. The second kappa shape index (κ2) is 2.77. The van der Waals surface area contributed by atoms with Gasteiger partial charge in [-0.15, -0.1) is 5.10 Å². The predicted octanol–water partition coefficient (Wildman–Crippen LogP) is 0.692. The highest BCUT2D eigenvalue weighted by Crippen LogP contribution is 2.05. The average molecular weight is 177 g/mol. The van der Waals surface area contributed by atoms with Gasteiger partial charge in [0, 0.05) is 0 Å². The number of rotatable bonds is 1. The molecule has 58 valence electrons. The molecule has 5 nitrogen and oxygen atoms in total. The number of aromatic nitrogens is 4. The largest absolute Gasteiger partial charge is 0.242 e. The summed E-state index contributed by atoms with van der Waals surface area (Å²) in [6.45, 7) is 0. The molecule has 0 amide bonds. The third-order valence-corrected chi connectivity index (χ3v) is 1.43. The normalized spacial score (nSPS) is 9.67. The van der Waals surface area contributed by atoms with Gasteiger partial charge in [0.15, 0.2) is 5.65 Å². The van der Waals surface area contributed by atoms with E-state index in [2.05, 4.69) is 37.4 Å². The van der Waals surface area contributed by atoms with Crippen LogP contribution in [0.2, 0.25) is 0 Å². The number of isothiocyanates is 1. The van der Waals surface area contributed by atoms with E-state index in [4.69, 9.17) is 0 Å². The van der Waals surface area contributed by atoms with Gasteiger partial charge in [0.25, 0.3) is 0 Å². The molecule has 0 aromatic carbocycles. The third-order valence-electron chi connectivity index (χ3n) is 1.34. The number of hydrogen-bond acceptors (Lipinski definition) is 5. The van der Waals surface area contributed by atoms with E-state index in [1.165, 1.54) is 17.3 Å². The van der Waals surface area contributed by atoms with Gasteiger partial charge in [-0.2, -0.15) is 4.68 Å². The molecule has 0 aliphatic rings. The molecular formula is C6H3N5S. The molecule has 6 heteroatoms. The van der Waals surface area contributed by atoms with Crippen LogP contribution in [0.1, 0.15) is 0 Å². The van der Waals surface area contributed by atoms with E-state index in [0.717, 1.165) is 0 Å². The van der Waals surface area contributed by atoms with E-state index in [1.807, 2.05) is 0 Å². The van der Waals surface area contributed by atoms with Gasteiger partial charge in [-0.3, -0.25) is 0 Å².